The topological polar surface area (TPSA) is 165 Å². The zero-order chi connectivity index (χ0) is 14.9. The van der Waals surface area contributed by atoms with Gasteiger partial charge in [0, 0.05) is 0 Å². The fraction of sp³-hybridized carbons (Fsp3) is 0.222. The summed E-state index contributed by atoms with van der Waals surface area (Å²) in [6.07, 6.45) is 0. The molecule has 2 heterocycles. The van der Waals surface area contributed by atoms with E-state index in [1.165, 1.54) is 0 Å². The molecule has 2 aliphatic rings. The molecule has 0 saturated carbocycles. The fourth-order valence-corrected chi connectivity index (χ4v) is 1.38. The van der Waals surface area contributed by atoms with Gasteiger partial charge in [-0.3, -0.25) is 14.9 Å². The molecule has 2 atom stereocenters. The first-order valence-electron chi connectivity index (χ1n) is 5.18. The second kappa shape index (κ2) is 4.87. The highest BCUT2D eigenvalue weighted by Crippen LogP contribution is 2.08. The number of aliphatic hydroxyl groups is 2. The predicted octanol–water partition coefficient (Wildman–Crippen LogP) is -1.06. The molecule has 0 aromatic rings. The summed E-state index contributed by atoms with van der Waals surface area (Å²) in [4.78, 5) is 40.2. The lowest BCUT2D eigenvalue weighted by Crippen LogP contribution is -2.46. The van der Waals surface area contributed by atoms with Crippen LogP contribution in [0.1, 0.15) is 0 Å². The van der Waals surface area contributed by atoms with Gasteiger partial charge in [0.05, 0.1) is 0 Å². The molecule has 0 aliphatic carbocycles. The number of carbonyl (C=O) groups is 3. The van der Waals surface area contributed by atoms with Crippen LogP contribution in [0.4, 0.5) is 4.79 Å². The largest absolute Gasteiger partial charge is 0.494 e. The summed E-state index contributed by atoms with van der Waals surface area (Å²) in [6, 6.07) is -4.08. The Kier molecular flexibility index (Phi) is 3.25. The number of aliphatic hydroxyl groups excluding tert-OH is 2. The predicted molar refractivity (Wildman–Crippen MR) is 63.4 cm³/mol. The first kappa shape index (κ1) is 13.3. The molecule has 0 saturated heterocycles. The quantitative estimate of drug-likeness (QED) is 0.472. The van der Waals surface area contributed by atoms with Crippen LogP contribution >= 0.6 is 0 Å². The number of aliphatic imine (C=N–C) groups is 2. The Hall–Kier alpha value is -3.11. The summed E-state index contributed by atoms with van der Waals surface area (Å²) in [7, 11) is 0. The molecule has 2 unspecified atom stereocenters. The van der Waals surface area contributed by atoms with Gasteiger partial charge >= 0.3 is 6.03 Å². The van der Waals surface area contributed by atoms with E-state index in [4.69, 9.17) is 0 Å². The molecular formula is C9H8N6O5. The van der Waals surface area contributed by atoms with Gasteiger partial charge in [-0.25, -0.2) is 4.79 Å². The van der Waals surface area contributed by atoms with Crippen molar-refractivity contribution in [1.82, 2.24) is 10.6 Å². The van der Waals surface area contributed by atoms with Crippen molar-refractivity contribution in [3.63, 3.8) is 0 Å². The Morgan fingerprint density at radius 3 is 1.95 bits per heavy atom. The fourth-order valence-electron chi connectivity index (χ4n) is 1.38. The zero-order valence-corrected chi connectivity index (χ0v) is 9.77. The molecule has 104 valence electrons. The molecule has 4 amide bonds. The van der Waals surface area contributed by atoms with Gasteiger partial charge in [-0.05, 0) is 0 Å². The number of carbonyl (C=O) groups excluding carboxylic acids is 3. The number of azo groups is 1. The van der Waals surface area contributed by atoms with Gasteiger partial charge in [-0.1, -0.05) is 6.58 Å². The van der Waals surface area contributed by atoms with Gasteiger partial charge in [-0.2, -0.15) is 20.2 Å². The summed E-state index contributed by atoms with van der Waals surface area (Å²) < 4.78 is 0. The summed E-state index contributed by atoms with van der Waals surface area (Å²) in [5.74, 6) is -3.30. The number of hydrogen-bond donors (Lipinski definition) is 4. The summed E-state index contributed by atoms with van der Waals surface area (Å²) in [5, 5.41) is 29.5. The van der Waals surface area contributed by atoms with Crippen LogP contribution in [0.25, 0.3) is 0 Å². The van der Waals surface area contributed by atoms with Crippen LogP contribution in [0.2, 0.25) is 0 Å². The normalized spacial score (nSPS) is 27.0. The molecule has 0 spiro atoms. The number of nitrogens with one attached hydrogen (secondary N) is 2. The van der Waals surface area contributed by atoms with Gasteiger partial charge in [0.25, 0.3) is 11.8 Å². The molecule has 2 rings (SSSR count). The van der Waals surface area contributed by atoms with Gasteiger partial charge in [0.2, 0.25) is 23.9 Å². The molecule has 2 aliphatic heterocycles. The van der Waals surface area contributed by atoms with E-state index in [1.807, 2.05) is 0 Å². The molecule has 0 fully saturated rings. The lowest BCUT2D eigenvalue weighted by atomic mass is 10.2. The van der Waals surface area contributed by atoms with Crippen molar-refractivity contribution >= 4 is 29.6 Å². The number of imide groups is 1. The van der Waals surface area contributed by atoms with E-state index in [0.717, 1.165) is 0 Å². The molecule has 11 heteroatoms. The molecular weight excluding hydrogens is 272 g/mol. The van der Waals surface area contributed by atoms with E-state index in [1.54, 1.807) is 5.32 Å². The van der Waals surface area contributed by atoms with E-state index in [-0.39, 0.29) is 5.82 Å². The highest BCUT2D eigenvalue weighted by atomic mass is 16.3. The van der Waals surface area contributed by atoms with Crippen molar-refractivity contribution in [2.24, 2.45) is 20.2 Å². The van der Waals surface area contributed by atoms with Crippen molar-refractivity contribution in [3.05, 3.63) is 12.4 Å². The monoisotopic (exact) mass is 280 g/mol. The molecule has 0 bridgehead atoms. The van der Waals surface area contributed by atoms with Gasteiger partial charge in [0.1, 0.15) is 5.82 Å². The van der Waals surface area contributed by atoms with Crippen molar-refractivity contribution in [1.29, 1.82) is 0 Å². The number of urea groups is 1. The minimum atomic E-state index is -1.57. The smallest absolute Gasteiger partial charge is 0.350 e. The third-order valence-corrected chi connectivity index (χ3v) is 2.25. The average molecular weight is 280 g/mol. The van der Waals surface area contributed by atoms with E-state index in [9.17, 15) is 24.6 Å². The number of rotatable bonds is 2. The van der Waals surface area contributed by atoms with Crippen LogP contribution in [-0.2, 0) is 9.59 Å². The second-order valence-electron chi connectivity index (χ2n) is 3.71. The second-order valence-corrected chi connectivity index (χ2v) is 3.71. The zero-order valence-electron chi connectivity index (χ0n) is 9.77. The minimum Gasteiger partial charge on any atom is -0.494 e. The maximum absolute atomic E-state index is 11.5. The maximum Gasteiger partial charge on any atom is 0.350 e. The minimum absolute atomic E-state index is 0.0654. The lowest BCUT2D eigenvalue weighted by molar-refractivity contribution is -0.122. The summed E-state index contributed by atoms with van der Waals surface area (Å²) in [5.41, 5.74) is 0. The number of nitrogens with zero attached hydrogens (tertiary/aromatic N) is 4. The molecule has 0 aromatic heterocycles. The van der Waals surface area contributed by atoms with Crippen LogP contribution < -0.4 is 10.6 Å². The average Bonchev–Trinajstić information content (AvgIpc) is 2.30. The summed E-state index contributed by atoms with van der Waals surface area (Å²) >= 11 is 0. The van der Waals surface area contributed by atoms with Crippen LogP contribution in [0.3, 0.4) is 0 Å². The Labute approximate surface area is 110 Å². The van der Waals surface area contributed by atoms with Crippen molar-refractivity contribution < 1.29 is 24.6 Å². The number of hydrogen-bond acceptors (Lipinski definition) is 6. The third kappa shape index (κ3) is 2.50. The van der Waals surface area contributed by atoms with Gasteiger partial charge < -0.3 is 15.5 Å². The lowest BCUT2D eigenvalue weighted by Gasteiger charge is -2.17. The first-order chi connectivity index (χ1) is 9.38. The Morgan fingerprint density at radius 2 is 1.45 bits per heavy atom. The molecule has 0 aromatic carbocycles. The highest BCUT2D eigenvalue weighted by Gasteiger charge is 2.33. The van der Waals surface area contributed by atoms with Crippen molar-refractivity contribution in [3.8, 4) is 0 Å². The Balaban J connectivity index is 2.21. The Morgan fingerprint density at radius 1 is 0.950 bits per heavy atom. The molecule has 11 nitrogen and oxygen atoms in total. The maximum atomic E-state index is 11.5. The van der Waals surface area contributed by atoms with E-state index >= 15 is 0 Å². The van der Waals surface area contributed by atoms with E-state index in [0.29, 0.717) is 0 Å². The molecule has 20 heavy (non-hydrogen) atoms. The Bertz CT molecular complexity index is 554. The van der Waals surface area contributed by atoms with Crippen LogP contribution in [0, 0.1) is 0 Å². The number of amides is 4. The first-order valence-corrected chi connectivity index (χ1v) is 5.18. The SMILES string of the molecule is C=C1N=C(O)C(/N=N/C2C(=O)NC(=O)N=C2O)C(=O)N1. The molecule has 4 N–H and O–H groups in total. The summed E-state index contributed by atoms with van der Waals surface area (Å²) in [6.45, 7) is 3.32. The van der Waals surface area contributed by atoms with Crippen LogP contribution in [0.5, 0.6) is 0 Å². The van der Waals surface area contributed by atoms with Crippen LogP contribution in [-0.4, -0.2) is 51.9 Å². The van der Waals surface area contributed by atoms with Crippen molar-refractivity contribution in [2.75, 3.05) is 0 Å². The molecule has 0 radical (unpaired) electrons. The third-order valence-electron chi connectivity index (χ3n) is 2.25. The van der Waals surface area contributed by atoms with Crippen LogP contribution in [0.15, 0.2) is 32.6 Å². The van der Waals surface area contributed by atoms with Gasteiger partial charge in [-0.15, -0.1) is 0 Å². The van der Waals surface area contributed by atoms with Crippen molar-refractivity contribution in [2.45, 2.75) is 12.1 Å². The standard InChI is InChI=1S/C9H8N6O5/c1-2-10-5(16)3(6(17)11-2)14-15-4-7(18)12-9(20)13-8(4)19/h3-4H,1H2,(H,10,16)(H,11,17)(H2,12,13,18,19,20)/b15-14+. The van der Waals surface area contributed by atoms with E-state index in [2.05, 4.69) is 32.1 Å². The van der Waals surface area contributed by atoms with Gasteiger partial charge in [0.15, 0.2) is 0 Å². The highest BCUT2D eigenvalue weighted by molar-refractivity contribution is 6.16. The van der Waals surface area contributed by atoms with E-state index < -0.39 is 41.7 Å².